The molecule has 182 valence electrons. The number of nitrogens with zero attached hydrogens (tertiary/aromatic N) is 2. The van der Waals surface area contributed by atoms with Crippen LogP contribution < -0.4 is 25.6 Å². The molecule has 1 saturated heterocycles. The Kier molecular flexibility index (Phi) is 5.79. The van der Waals surface area contributed by atoms with Gasteiger partial charge in [0.1, 0.15) is 21.2 Å². The lowest BCUT2D eigenvalue weighted by atomic mass is 10.1. The van der Waals surface area contributed by atoms with Gasteiger partial charge < -0.3 is 20.7 Å². The van der Waals surface area contributed by atoms with Crippen LogP contribution in [0, 0.1) is 6.92 Å². The van der Waals surface area contributed by atoms with Crippen molar-refractivity contribution in [2.45, 2.75) is 25.8 Å². The molecule has 2 aromatic carbocycles. The summed E-state index contributed by atoms with van der Waals surface area (Å²) >= 11 is 1.30. The fraction of sp³-hybridized carbons (Fsp3) is 0.222. The summed E-state index contributed by atoms with van der Waals surface area (Å²) in [6, 6.07) is 16.8. The third kappa shape index (κ3) is 4.06. The molecular weight excluding hydrogens is 474 g/mol. The van der Waals surface area contributed by atoms with Crippen LogP contribution in [0.2, 0.25) is 0 Å². The summed E-state index contributed by atoms with van der Waals surface area (Å²) in [6.45, 7) is 3.66. The second-order valence-electron chi connectivity index (χ2n) is 8.96. The Labute approximate surface area is 212 Å². The summed E-state index contributed by atoms with van der Waals surface area (Å²) in [6.07, 6.45) is 3.64. The van der Waals surface area contributed by atoms with Crippen LogP contribution in [-0.2, 0) is 0 Å². The van der Waals surface area contributed by atoms with E-state index in [2.05, 4.69) is 20.9 Å². The molecule has 1 fully saturated rings. The van der Waals surface area contributed by atoms with E-state index in [1.54, 1.807) is 11.1 Å². The molecule has 9 heteroatoms. The highest BCUT2D eigenvalue weighted by atomic mass is 32.1. The Balaban J connectivity index is 1.34. The van der Waals surface area contributed by atoms with Gasteiger partial charge in [0, 0.05) is 18.8 Å². The number of ether oxygens (including phenoxy) is 1. The van der Waals surface area contributed by atoms with Crippen LogP contribution in [0.25, 0.3) is 10.2 Å². The van der Waals surface area contributed by atoms with Gasteiger partial charge in [-0.1, -0.05) is 18.2 Å². The van der Waals surface area contributed by atoms with E-state index in [1.165, 1.54) is 11.3 Å². The lowest BCUT2D eigenvalue weighted by Crippen LogP contribution is -2.45. The number of hydrogen-bond acceptors (Lipinski definition) is 6. The first kappa shape index (κ1) is 22.5. The Bertz CT molecular complexity index is 1460. The van der Waals surface area contributed by atoms with Crippen LogP contribution >= 0.6 is 11.3 Å². The van der Waals surface area contributed by atoms with E-state index in [1.807, 2.05) is 61.5 Å². The van der Waals surface area contributed by atoms with E-state index >= 15 is 0 Å². The number of carbonyl (C=O) groups excluding carboxylic acids is 2. The molecule has 0 spiro atoms. The molecule has 2 aliphatic heterocycles. The van der Waals surface area contributed by atoms with Gasteiger partial charge in [0.2, 0.25) is 0 Å². The van der Waals surface area contributed by atoms with Crippen molar-refractivity contribution in [1.29, 1.82) is 0 Å². The van der Waals surface area contributed by atoms with Gasteiger partial charge in [0.15, 0.2) is 0 Å². The Morgan fingerprint density at radius 1 is 1.14 bits per heavy atom. The molecule has 1 atom stereocenters. The number of anilines is 3. The molecule has 6 rings (SSSR count). The van der Waals surface area contributed by atoms with Gasteiger partial charge in [-0.2, -0.15) is 0 Å². The lowest BCUT2D eigenvalue weighted by molar-refractivity contribution is 0.0935. The molecule has 36 heavy (non-hydrogen) atoms. The normalized spacial score (nSPS) is 17.1. The SMILES string of the molecule is Cc1cc(Oc2ccccc2)ccc1N1C(=O)Nc2c(C(=O)NC3CCCNC3)sc3nccc1c23. The van der Waals surface area contributed by atoms with Crippen LogP contribution in [0.1, 0.15) is 28.1 Å². The molecule has 1 unspecified atom stereocenters. The number of para-hydroxylation sites is 1. The summed E-state index contributed by atoms with van der Waals surface area (Å²) in [5.41, 5.74) is 2.84. The van der Waals surface area contributed by atoms with Crippen LogP contribution in [-0.4, -0.2) is 36.1 Å². The number of aryl methyl sites for hydroxylation is 1. The van der Waals surface area contributed by atoms with E-state index in [4.69, 9.17) is 4.74 Å². The topological polar surface area (TPSA) is 95.6 Å². The standard InChI is InChI=1S/C27H25N5O3S/c1-16-14-19(35-18-7-3-2-4-8-18)9-10-20(16)32-21-11-13-29-26-22(21)23(31-27(32)34)24(36-26)25(33)30-17-6-5-12-28-15-17/h2-4,7-11,13-14,17,28H,5-6,12,15H2,1H3,(H,30,33)(H,31,34). The molecule has 2 aliphatic rings. The number of aromatic nitrogens is 1. The van der Waals surface area contributed by atoms with E-state index in [-0.39, 0.29) is 18.0 Å². The average Bonchev–Trinajstić information content (AvgIpc) is 3.26. The zero-order valence-corrected chi connectivity index (χ0v) is 20.5. The second-order valence-corrected chi connectivity index (χ2v) is 9.96. The number of amides is 3. The Morgan fingerprint density at radius 3 is 2.78 bits per heavy atom. The minimum atomic E-state index is -0.318. The fourth-order valence-electron chi connectivity index (χ4n) is 4.78. The summed E-state index contributed by atoms with van der Waals surface area (Å²) < 4.78 is 5.96. The highest BCUT2D eigenvalue weighted by Gasteiger charge is 2.33. The predicted molar refractivity (Wildman–Crippen MR) is 142 cm³/mol. The molecule has 0 saturated carbocycles. The molecule has 2 aromatic heterocycles. The highest BCUT2D eigenvalue weighted by Crippen LogP contribution is 2.46. The van der Waals surface area contributed by atoms with Gasteiger partial charge in [0.25, 0.3) is 5.91 Å². The number of nitrogens with one attached hydrogen (secondary N) is 3. The third-order valence-corrected chi connectivity index (χ3v) is 7.57. The number of thiophene rings is 1. The highest BCUT2D eigenvalue weighted by molar-refractivity contribution is 7.21. The summed E-state index contributed by atoms with van der Waals surface area (Å²) in [5.74, 6) is 1.25. The first-order valence-corrected chi connectivity index (χ1v) is 12.8. The molecule has 4 heterocycles. The lowest BCUT2D eigenvalue weighted by Gasteiger charge is -2.30. The van der Waals surface area contributed by atoms with Crippen molar-refractivity contribution in [3.63, 3.8) is 0 Å². The molecular formula is C27H25N5O3S. The van der Waals surface area contributed by atoms with Crippen molar-refractivity contribution in [2.24, 2.45) is 0 Å². The van der Waals surface area contributed by atoms with Crippen molar-refractivity contribution in [3.05, 3.63) is 71.2 Å². The maximum atomic E-state index is 13.4. The minimum absolute atomic E-state index is 0.0751. The smallest absolute Gasteiger partial charge is 0.331 e. The van der Waals surface area contributed by atoms with Crippen LogP contribution in [0.3, 0.4) is 0 Å². The molecule has 3 amide bonds. The second kappa shape index (κ2) is 9.25. The number of rotatable bonds is 5. The van der Waals surface area contributed by atoms with Crippen LogP contribution in [0.15, 0.2) is 60.8 Å². The maximum Gasteiger partial charge on any atom is 0.331 e. The molecule has 8 nitrogen and oxygen atoms in total. The van der Waals surface area contributed by atoms with Gasteiger partial charge >= 0.3 is 6.03 Å². The molecule has 3 N–H and O–H groups in total. The van der Waals surface area contributed by atoms with E-state index in [0.29, 0.717) is 26.8 Å². The maximum absolute atomic E-state index is 13.4. The summed E-state index contributed by atoms with van der Waals surface area (Å²) in [5, 5.41) is 10.2. The predicted octanol–water partition coefficient (Wildman–Crippen LogP) is 5.56. The Hall–Kier alpha value is -3.95. The molecule has 0 radical (unpaired) electrons. The number of pyridine rings is 1. The quantitative estimate of drug-likeness (QED) is 0.334. The summed E-state index contributed by atoms with van der Waals surface area (Å²) in [4.78, 5) is 33.9. The van der Waals surface area contributed by atoms with Crippen LogP contribution in [0.5, 0.6) is 11.5 Å². The zero-order valence-electron chi connectivity index (χ0n) is 19.7. The first-order chi connectivity index (χ1) is 17.6. The fourth-order valence-corrected chi connectivity index (χ4v) is 5.80. The number of urea groups is 1. The minimum Gasteiger partial charge on any atom is -0.457 e. The first-order valence-electron chi connectivity index (χ1n) is 12.0. The van der Waals surface area contributed by atoms with Crippen molar-refractivity contribution in [2.75, 3.05) is 23.3 Å². The van der Waals surface area contributed by atoms with Gasteiger partial charge in [-0.3, -0.25) is 9.69 Å². The number of benzene rings is 2. The average molecular weight is 500 g/mol. The van der Waals surface area contributed by atoms with E-state index in [9.17, 15) is 9.59 Å². The van der Waals surface area contributed by atoms with Crippen molar-refractivity contribution in [1.82, 2.24) is 15.6 Å². The van der Waals surface area contributed by atoms with Gasteiger partial charge in [-0.25, -0.2) is 9.78 Å². The number of piperidine rings is 1. The van der Waals surface area contributed by atoms with Crippen LogP contribution in [0.4, 0.5) is 21.9 Å². The van der Waals surface area contributed by atoms with E-state index < -0.39 is 0 Å². The Morgan fingerprint density at radius 2 is 2.00 bits per heavy atom. The monoisotopic (exact) mass is 499 g/mol. The van der Waals surface area contributed by atoms with Crippen molar-refractivity contribution in [3.8, 4) is 11.5 Å². The van der Waals surface area contributed by atoms with Crippen molar-refractivity contribution >= 4 is 50.6 Å². The molecule has 0 aliphatic carbocycles. The van der Waals surface area contributed by atoms with Gasteiger partial charge in [-0.15, -0.1) is 11.3 Å². The number of carbonyl (C=O) groups is 2. The van der Waals surface area contributed by atoms with Crippen molar-refractivity contribution < 1.29 is 14.3 Å². The number of hydrogen-bond donors (Lipinski definition) is 3. The molecule has 0 bridgehead atoms. The zero-order chi connectivity index (χ0) is 24.6. The van der Waals surface area contributed by atoms with Gasteiger partial charge in [0.05, 0.1) is 22.4 Å². The largest absolute Gasteiger partial charge is 0.457 e. The van der Waals surface area contributed by atoms with E-state index in [0.717, 1.165) is 48.3 Å². The van der Waals surface area contributed by atoms with Gasteiger partial charge in [-0.05, 0) is 68.3 Å². The third-order valence-electron chi connectivity index (χ3n) is 6.47. The summed E-state index contributed by atoms with van der Waals surface area (Å²) in [7, 11) is 0. The molecule has 4 aromatic rings.